The molecule has 0 atom stereocenters. The summed E-state index contributed by atoms with van der Waals surface area (Å²) >= 11 is 0. The molecule has 6 heteroatoms. The Labute approximate surface area is 152 Å². The van der Waals surface area contributed by atoms with E-state index < -0.39 is 0 Å². The van der Waals surface area contributed by atoms with Gasteiger partial charge in [0.15, 0.2) is 5.69 Å². The Hall–Kier alpha value is -3.15. The molecule has 0 unspecified atom stereocenters. The van der Waals surface area contributed by atoms with Crippen molar-refractivity contribution in [2.24, 2.45) is 0 Å². The van der Waals surface area contributed by atoms with Crippen molar-refractivity contribution >= 4 is 23.0 Å². The molecule has 0 saturated heterocycles. The molecular weight excluding hydrogens is 328 g/mol. The van der Waals surface area contributed by atoms with Gasteiger partial charge in [0.1, 0.15) is 0 Å². The standard InChI is InChI=1S/C20H22N4O2/c1-4-11-21-19(25)17-16-10-5-6-12-24(16)18(23-17)20(26)22-15-9-7-8-13(2)14(15)3/h5-10,12H,4,11H2,1-3H3,(H,21,25)(H,22,26). The van der Waals surface area contributed by atoms with Gasteiger partial charge >= 0.3 is 0 Å². The summed E-state index contributed by atoms with van der Waals surface area (Å²) in [5.41, 5.74) is 3.69. The first-order chi connectivity index (χ1) is 12.5. The van der Waals surface area contributed by atoms with Gasteiger partial charge in [-0.2, -0.15) is 0 Å². The van der Waals surface area contributed by atoms with Crippen LogP contribution in [0.15, 0.2) is 42.6 Å². The van der Waals surface area contributed by atoms with Crippen molar-refractivity contribution in [1.82, 2.24) is 14.7 Å². The molecule has 2 N–H and O–H groups in total. The molecule has 3 aromatic rings. The summed E-state index contributed by atoms with van der Waals surface area (Å²) in [6, 6.07) is 11.1. The first-order valence-electron chi connectivity index (χ1n) is 8.65. The summed E-state index contributed by atoms with van der Waals surface area (Å²) in [7, 11) is 0. The van der Waals surface area contributed by atoms with E-state index in [1.165, 1.54) is 0 Å². The summed E-state index contributed by atoms with van der Waals surface area (Å²) in [5, 5.41) is 5.71. The summed E-state index contributed by atoms with van der Waals surface area (Å²) in [6.07, 6.45) is 2.56. The van der Waals surface area contributed by atoms with E-state index in [1.54, 1.807) is 22.7 Å². The lowest BCUT2D eigenvalue weighted by Gasteiger charge is -2.09. The highest BCUT2D eigenvalue weighted by Crippen LogP contribution is 2.20. The molecular formula is C20H22N4O2. The molecule has 0 aliphatic carbocycles. The number of aromatic nitrogens is 2. The van der Waals surface area contributed by atoms with E-state index in [4.69, 9.17) is 0 Å². The minimum atomic E-state index is -0.352. The fraction of sp³-hybridized carbons (Fsp3) is 0.250. The van der Waals surface area contributed by atoms with Gasteiger partial charge in [-0.25, -0.2) is 4.98 Å². The van der Waals surface area contributed by atoms with Crippen LogP contribution >= 0.6 is 0 Å². The van der Waals surface area contributed by atoms with E-state index in [2.05, 4.69) is 15.6 Å². The highest BCUT2D eigenvalue weighted by Gasteiger charge is 2.21. The maximum atomic E-state index is 12.8. The Morgan fingerprint density at radius 2 is 1.88 bits per heavy atom. The number of nitrogens with one attached hydrogen (secondary N) is 2. The molecule has 0 fully saturated rings. The van der Waals surface area contributed by atoms with E-state index in [0.29, 0.717) is 12.1 Å². The molecule has 1 aromatic carbocycles. The number of pyridine rings is 1. The molecule has 3 rings (SSSR count). The molecule has 0 spiro atoms. The zero-order valence-corrected chi connectivity index (χ0v) is 15.2. The lowest BCUT2D eigenvalue weighted by atomic mass is 10.1. The van der Waals surface area contributed by atoms with Gasteiger partial charge in [-0.05, 0) is 49.6 Å². The van der Waals surface area contributed by atoms with Crippen LogP contribution in [0.5, 0.6) is 0 Å². The number of amides is 2. The number of rotatable bonds is 5. The van der Waals surface area contributed by atoms with Gasteiger partial charge in [-0.1, -0.05) is 25.1 Å². The smallest absolute Gasteiger partial charge is 0.292 e. The predicted octanol–water partition coefficient (Wildman–Crippen LogP) is 3.34. The third-order valence-electron chi connectivity index (χ3n) is 4.35. The maximum absolute atomic E-state index is 12.8. The molecule has 6 nitrogen and oxygen atoms in total. The normalized spacial score (nSPS) is 10.7. The topological polar surface area (TPSA) is 75.5 Å². The highest BCUT2D eigenvalue weighted by atomic mass is 16.2. The van der Waals surface area contributed by atoms with Crippen molar-refractivity contribution in [3.05, 3.63) is 65.2 Å². The van der Waals surface area contributed by atoms with Crippen molar-refractivity contribution in [2.45, 2.75) is 27.2 Å². The van der Waals surface area contributed by atoms with Crippen LogP contribution in [-0.2, 0) is 0 Å². The zero-order chi connectivity index (χ0) is 18.7. The van der Waals surface area contributed by atoms with Crippen molar-refractivity contribution in [1.29, 1.82) is 0 Å². The maximum Gasteiger partial charge on any atom is 0.292 e. The van der Waals surface area contributed by atoms with Crippen LogP contribution in [0.25, 0.3) is 5.52 Å². The van der Waals surface area contributed by atoms with Crippen molar-refractivity contribution in [2.75, 3.05) is 11.9 Å². The van der Waals surface area contributed by atoms with Gasteiger partial charge < -0.3 is 10.6 Å². The summed E-state index contributed by atoms with van der Waals surface area (Å²) in [5.74, 6) is -0.445. The van der Waals surface area contributed by atoms with Crippen LogP contribution in [0.2, 0.25) is 0 Å². The summed E-state index contributed by atoms with van der Waals surface area (Å²) in [6.45, 7) is 6.49. The van der Waals surface area contributed by atoms with Crippen LogP contribution in [0, 0.1) is 13.8 Å². The van der Waals surface area contributed by atoms with Crippen LogP contribution in [0.4, 0.5) is 5.69 Å². The second-order valence-electron chi connectivity index (χ2n) is 6.20. The number of nitrogens with zero attached hydrogens (tertiary/aromatic N) is 2. The van der Waals surface area contributed by atoms with Crippen LogP contribution in [-0.4, -0.2) is 27.7 Å². The Morgan fingerprint density at radius 1 is 1.08 bits per heavy atom. The Morgan fingerprint density at radius 3 is 2.65 bits per heavy atom. The summed E-state index contributed by atoms with van der Waals surface area (Å²) in [4.78, 5) is 29.5. The largest absolute Gasteiger partial charge is 0.351 e. The van der Waals surface area contributed by atoms with Gasteiger partial charge in [0.05, 0.1) is 5.52 Å². The lowest BCUT2D eigenvalue weighted by molar-refractivity contribution is 0.0951. The lowest BCUT2D eigenvalue weighted by Crippen LogP contribution is -2.24. The minimum absolute atomic E-state index is 0.183. The number of fused-ring (bicyclic) bond motifs is 1. The summed E-state index contributed by atoms with van der Waals surface area (Å²) < 4.78 is 1.64. The minimum Gasteiger partial charge on any atom is -0.351 e. The molecule has 0 aliphatic heterocycles. The van der Waals surface area contributed by atoms with Crippen LogP contribution in [0.1, 0.15) is 45.6 Å². The fourth-order valence-corrected chi connectivity index (χ4v) is 2.75. The second-order valence-corrected chi connectivity index (χ2v) is 6.20. The number of aryl methyl sites for hydroxylation is 1. The fourth-order valence-electron chi connectivity index (χ4n) is 2.75. The highest BCUT2D eigenvalue weighted by molar-refractivity contribution is 6.06. The first-order valence-corrected chi connectivity index (χ1v) is 8.65. The monoisotopic (exact) mass is 350 g/mol. The number of benzene rings is 1. The Balaban J connectivity index is 1.98. The van der Waals surface area contributed by atoms with Crippen molar-refractivity contribution < 1.29 is 9.59 Å². The molecule has 0 saturated carbocycles. The van der Waals surface area contributed by atoms with Crippen molar-refractivity contribution in [3.8, 4) is 0 Å². The first kappa shape index (κ1) is 17.7. The van der Waals surface area contributed by atoms with Gasteiger partial charge in [0, 0.05) is 18.4 Å². The van der Waals surface area contributed by atoms with Crippen molar-refractivity contribution in [3.63, 3.8) is 0 Å². The number of hydrogen-bond donors (Lipinski definition) is 2. The molecule has 0 aliphatic rings. The molecule has 26 heavy (non-hydrogen) atoms. The zero-order valence-electron chi connectivity index (χ0n) is 15.2. The SMILES string of the molecule is CCCNC(=O)c1nc(C(=O)Nc2cccc(C)c2C)n2ccccc12. The van der Waals surface area contributed by atoms with Crippen LogP contribution in [0.3, 0.4) is 0 Å². The molecule has 2 amide bonds. The third-order valence-corrected chi connectivity index (χ3v) is 4.35. The quantitative estimate of drug-likeness (QED) is 0.741. The predicted molar refractivity (Wildman–Crippen MR) is 102 cm³/mol. The van der Waals surface area contributed by atoms with E-state index in [9.17, 15) is 9.59 Å². The van der Waals surface area contributed by atoms with Gasteiger partial charge in [-0.3, -0.25) is 14.0 Å². The second kappa shape index (κ2) is 7.39. The van der Waals surface area contributed by atoms with Gasteiger partial charge in [0.2, 0.25) is 5.82 Å². The van der Waals surface area contributed by atoms with E-state index in [1.807, 2.05) is 45.0 Å². The average molecular weight is 350 g/mol. The number of anilines is 1. The molecule has 0 bridgehead atoms. The number of carbonyl (C=O) groups excluding carboxylic acids is 2. The van der Waals surface area contributed by atoms with E-state index in [-0.39, 0.29) is 23.3 Å². The molecule has 0 radical (unpaired) electrons. The number of hydrogen-bond acceptors (Lipinski definition) is 3. The third kappa shape index (κ3) is 3.31. The van der Waals surface area contributed by atoms with Gasteiger partial charge in [-0.15, -0.1) is 0 Å². The Bertz CT molecular complexity index is 975. The number of imidazole rings is 1. The van der Waals surface area contributed by atoms with Gasteiger partial charge in [0.25, 0.3) is 11.8 Å². The van der Waals surface area contributed by atoms with Crippen LogP contribution < -0.4 is 10.6 Å². The van der Waals surface area contributed by atoms with E-state index >= 15 is 0 Å². The Kier molecular flexibility index (Phi) is 5.02. The molecule has 2 heterocycles. The number of carbonyl (C=O) groups is 2. The molecule has 2 aromatic heterocycles. The van der Waals surface area contributed by atoms with E-state index in [0.717, 1.165) is 23.2 Å². The average Bonchev–Trinajstić information content (AvgIpc) is 3.03. The molecule has 134 valence electrons.